The quantitative estimate of drug-likeness (QED) is 0.655. The van der Waals surface area contributed by atoms with Gasteiger partial charge in [0.15, 0.2) is 0 Å². The van der Waals surface area contributed by atoms with Crippen LogP contribution in [0.25, 0.3) is 0 Å². The van der Waals surface area contributed by atoms with Gasteiger partial charge in [-0.2, -0.15) is 0 Å². The lowest BCUT2D eigenvalue weighted by atomic mass is 10.3. The van der Waals surface area contributed by atoms with Gasteiger partial charge in [-0.15, -0.1) is 11.3 Å². The number of nitro groups is 1. The van der Waals surface area contributed by atoms with Crippen LogP contribution in [0.5, 0.6) is 0 Å². The fourth-order valence-corrected chi connectivity index (χ4v) is 2.54. The van der Waals surface area contributed by atoms with Gasteiger partial charge in [-0.05, 0) is 23.9 Å². The van der Waals surface area contributed by atoms with Gasteiger partial charge in [-0.3, -0.25) is 10.1 Å². The van der Waals surface area contributed by atoms with E-state index in [1.165, 1.54) is 10.9 Å². The van der Waals surface area contributed by atoms with Gasteiger partial charge in [-0.1, -0.05) is 6.07 Å². The highest BCUT2D eigenvalue weighted by atomic mass is 32.1. The van der Waals surface area contributed by atoms with Crippen LogP contribution in [0, 0.1) is 10.1 Å². The Morgan fingerprint density at radius 1 is 1.45 bits per heavy atom. The summed E-state index contributed by atoms with van der Waals surface area (Å²) >= 11 is 1.68. The van der Waals surface area contributed by atoms with E-state index in [-0.39, 0.29) is 5.69 Å². The zero-order chi connectivity index (χ0) is 14.5. The van der Waals surface area contributed by atoms with E-state index in [9.17, 15) is 10.1 Å². The summed E-state index contributed by atoms with van der Waals surface area (Å²) in [6.07, 6.45) is 0.844. The third kappa shape index (κ3) is 3.24. The molecule has 0 aromatic carbocycles. The van der Waals surface area contributed by atoms with Gasteiger partial charge in [0.25, 0.3) is 0 Å². The Kier molecular flexibility index (Phi) is 4.52. The summed E-state index contributed by atoms with van der Waals surface area (Å²) in [4.78, 5) is 18.0. The Morgan fingerprint density at radius 3 is 2.85 bits per heavy atom. The SMILES string of the molecule is CNc1ccc([N+](=O)[O-])c(N(C)CCc2cccs2)n1. The average molecular weight is 292 g/mol. The van der Waals surface area contributed by atoms with Crippen LogP contribution in [-0.2, 0) is 6.42 Å². The summed E-state index contributed by atoms with van der Waals surface area (Å²) < 4.78 is 0. The topological polar surface area (TPSA) is 71.3 Å². The Labute approximate surface area is 121 Å². The Morgan fingerprint density at radius 2 is 2.25 bits per heavy atom. The second kappa shape index (κ2) is 6.33. The average Bonchev–Trinajstić information content (AvgIpc) is 2.97. The number of rotatable bonds is 6. The van der Waals surface area contributed by atoms with Crippen LogP contribution in [0.2, 0.25) is 0 Å². The standard InChI is InChI=1S/C13H16N4O2S/c1-14-12-6-5-11(17(18)19)13(15-12)16(2)8-7-10-4-3-9-20-10/h3-6,9H,7-8H2,1-2H3,(H,14,15). The first-order chi connectivity index (χ1) is 9.61. The molecule has 2 aromatic rings. The van der Waals surface area contributed by atoms with Gasteiger partial charge in [-0.25, -0.2) is 4.98 Å². The molecule has 0 aliphatic rings. The molecule has 20 heavy (non-hydrogen) atoms. The minimum atomic E-state index is -0.399. The van der Waals surface area contributed by atoms with Gasteiger partial charge in [0.1, 0.15) is 5.82 Å². The van der Waals surface area contributed by atoms with Gasteiger partial charge < -0.3 is 10.2 Å². The highest BCUT2D eigenvalue weighted by molar-refractivity contribution is 7.09. The van der Waals surface area contributed by atoms with Gasteiger partial charge in [0, 0.05) is 31.6 Å². The van der Waals surface area contributed by atoms with E-state index < -0.39 is 4.92 Å². The van der Waals surface area contributed by atoms with Crippen LogP contribution < -0.4 is 10.2 Å². The summed E-state index contributed by atoms with van der Waals surface area (Å²) in [6.45, 7) is 0.682. The van der Waals surface area contributed by atoms with Crippen LogP contribution in [-0.4, -0.2) is 30.5 Å². The Balaban J connectivity index is 2.18. The second-order valence-corrected chi connectivity index (χ2v) is 5.33. The van der Waals surface area contributed by atoms with Gasteiger partial charge in [0.05, 0.1) is 4.92 Å². The molecular formula is C13H16N4O2S. The molecule has 0 aliphatic heterocycles. The molecule has 2 heterocycles. The molecular weight excluding hydrogens is 276 g/mol. The molecule has 0 aliphatic carbocycles. The van der Waals surface area contributed by atoms with Crippen molar-refractivity contribution in [1.82, 2.24) is 4.98 Å². The fourth-order valence-electron chi connectivity index (χ4n) is 1.84. The number of likely N-dealkylation sites (N-methyl/N-ethyl adjacent to an activating group) is 1. The molecule has 0 amide bonds. The summed E-state index contributed by atoms with van der Waals surface area (Å²) in [6, 6.07) is 7.15. The van der Waals surface area contributed by atoms with Gasteiger partial charge in [0.2, 0.25) is 5.82 Å². The Bertz CT molecular complexity index is 586. The van der Waals surface area contributed by atoms with Crippen molar-refractivity contribution in [1.29, 1.82) is 0 Å². The van der Waals surface area contributed by atoms with E-state index in [1.807, 2.05) is 23.4 Å². The lowest BCUT2D eigenvalue weighted by Crippen LogP contribution is -2.22. The molecule has 2 rings (SSSR count). The third-order valence-electron chi connectivity index (χ3n) is 2.94. The van der Waals surface area contributed by atoms with Crippen molar-refractivity contribution in [2.45, 2.75) is 6.42 Å². The molecule has 6 nitrogen and oxygen atoms in total. The monoisotopic (exact) mass is 292 g/mol. The van der Waals surface area contributed by atoms with Crippen LogP contribution in [0.3, 0.4) is 0 Å². The van der Waals surface area contributed by atoms with Gasteiger partial charge >= 0.3 is 5.69 Å². The van der Waals surface area contributed by atoms with E-state index in [4.69, 9.17) is 0 Å². The largest absolute Gasteiger partial charge is 0.373 e. The maximum absolute atomic E-state index is 11.1. The van der Waals surface area contributed by atoms with Crippen LogP contribution in [0.4, 0.5) is 17.3 Å². The molecule has 0 unspecified atom stereocenters. The summed E-state index contributed by atoms with van der Waals surface area (Å²) in [5, 5.41) is 16.0. The molecule has 0 spiro atoms. The lowest BCUT2D eigenvalue weighted by Gasteiger charge is -2.18. The predicted molar refractivity (Wildman–Crippen MR) is 81.7 cm³/mol. The number of hydrogen-bond acceptors (Lipinski definition) is 6. The van der Waals surface area contributed by atoms with Crippen LogP contribution in [0.15, 0.2) is 29.6 Å². The molecule has 2 aromatic heterocycles. The number of pyridine rings is 1. The van der Waals surface area contributed by atoms with Crippen molar-refractivity contribution >= 4 is 28.7 Å². The molecule has 1 N–H and O–H groups in total. The number of hydrogen-bond donors (Lipinski definition) is 1. The molecule has 0 fully saturated rings. The summed E-state index contributed by atoms with van der Waals surface area (Å²) in [7, 11) is 3.56. The highest BCUT2D eigenvalue weighted by Crippen LogP contribution is 2.27. The molecule has 0 bridgehead atoms. The highest BCUT2D eigenvalue weighted by Gasteiger charge is 2.19. The molecule has 106 valence electrons. The second-order valence-electron chi connectivity index (χ2n) is 4.30. The number of anilines is 2. The van der Waals surface area contributed by atoms with E-state index in [0.717, 1.165) is 6.42 Å². The fraction of sp³-hybridized carbons (Fsp3) is 0.308. The van der Waals surface area contributed by atoms with Crippen LogP contribution in [0.1, 0.15) is 4.88 Å². The molecule has 0 saturated carbocycles. The first-order valence-electron chi connectivity index (χ1n) is 6.18. The molecule has 0 atom stereocenters. The number of nitrogens with one attached hydrogen (secondary N) is 1. The maximum Gasteiger partial charge on any atom is 0.311 e. The number of thiophene rings is 1. The molecule has 0 radical (unpaired) electrons. The van der Waals surface area contributed by atoms with Crippen molar-refractivity contribution in [3.05, 3.63) is 44.6 Å². The maximum atomic E-state index is 11.1. The molecule has 7 heteroatoms. The van der Waals surface area contributed by atoms with Crippen molar-refractivity contribution in [2.24, 2.45) is 0 Å². The van der Waals surface area contributed by atoms with Crippen molar-refractivity contribution in [3.63, 3.8) is 0 Å². The smallest absolute Gasteiger partial charge is 0.311 e. The zero-order valence-corrected chi connectivity index (χ0v) is 12.2. The van der Waals surface area contributed by atoms with Crippen LogP contribution >= 0.6 is 11.3 Å². The van der Waals surface area contributed by atoms with E-state index in [2.05, 4.69) is 16.4 Å². The third-order valence-corrected chi connectivity index (χ3v) is 3.88. The lowest BCUT2D eigenvalue weighted by molar-refractivity contribution is -0.384. The van der Waals surface area contributed by atoms with E-state index in [1.54, 1.807) is 24.5 Å². The first kappa shape index (κ1) is 14.3. The number of aromatic nitrogens is 1. The summed E-state index contributed by atoms with van der Waals surface area (Å²) in [5.74, 6) is 1.01. The van der Waals surface area contributed by atoms with Crippen molar-refractivity contribution in [3.8, 4) is 0 Å². The predicted octanol–water partition coefficient (Wildman–Crippen LogP) is 2.77. The zero-order valence-electron chi connectivity index (χ0n) is 11.4. The number of nitrogens with zero attached hydrogens (tertiary/aromatic N) is 3. The van der Waals surface area contributed by atoms with Crippen molar-refractivity contribution in [2.75, 3.05) is 30.9 Å². The first-order valence-corrected chi connectivity index (χ1v) is 7.06. The minimum absolute atomic E-state index is 0.0256. The van der Waals surface area contributed by atoms with E-state index >= 15 is 0 Å². The Hall–Kier alpha value is -2.15. The van der Waals surface area contributed by atoms with E-state index in [0.29, 0.717) is 18.2 Å². The molecule has 0 saturated heterocycles. The normalized spacial score (nSPS) is 10.3. The van der Waals surface area contributed by atoms with Crippen molar-refractivity contribution < 1.29 is 4.92 Å². The summed E-state index contributed by atoms with van der Waals surface area (Å²) in [5.41, 5.74) is 0.0256. The minimum Gasteiger partial charge on any atom is -0.373 e.